The van der Waals surface area contributed by atoms with E-state index in [2.05, 4.69) is 49.0 Å². The van der Waals surface area contributed by atoms with Gasteiger partial charge in [0.05, 0.1) is 6.42 Å². The first kappa shape index (κ1) is 16.4. The highest BCUT2D eigenvalue weighted by Crippen LogP contribution is 2.18. The van der Waals surface area contributed by atoms with Gasteiger partial charge in [0.1, 0.15) is 0 Å². The summed E-state index contributed by atoms with van der Waals surface area (Å²) >= 11 is 0. The molecular formula is C16H16O5. The molecule has 0 saturated heterocycles. The lowest BCUT2D eigenvalue weighted by Gasteiger charge is -1.99. The summed E-state index contributed by atoms with van der Waals surface area (Å²) in [5.74, 6) is -2.85. The van der Waals surface area contributed by atoms with Gasteiger partial charge < -0.3 is 15.3 Å². The molecule has 5 nitrogen and oxygen atoms in total. The van der Waals surface area contributed by atoms with Crippen LogP contribution in [0.15, 0.2) is 49.0 Å². The molecule has 0 aliphatic heterocycles. The highest BCUT2D eigenvalue weighted by molar-refractivity contribution is 5.90. The highest BCUT2D eigenvalue weighted by Gasteiger charge is 2.16. The van der Waals surface area contributed by atoms with E-state index in [1.54, 1.807) is 0 Å². The Morgan fingerprint density at radius 3 is 2.24 bits per heavy atom. The normalized spacial score (nSPS) is 11.1. The molecule has 0 spiro atoms. The summed E-state index contributed by atoms with van der Waals surface area (Å²) in [6.07, 6.45) is -0.653. The molecule has 1 atom stereocenters. The quantitative estimate of drug-likeness (QED) is 0.803. The number of carbonyl (C=O) groups is 2. The maximum atomic E-state index is 9.72. The average Bonchev–Trinajstić information content (AvgIpc) is 2.46. The summed E-state index contributed by atoms with van der Waals surface area (Å²) in [4.78, 5) is 19.4. The van der Waals surface area contributed by atoms with Crippen LogP contribution in [0.1, 0.15) is 12.0 Å². The van der Waals surface area contributed by atoms with E-state index in [4.69, 9.17) is 15.3 Å². The molecule has 0 fully saturated rings. The standard InChI is InChI=1S/C12H10.C4H6O5/c1-2-10-7-5-8-11-6-3-4-9-12(10)11;5-2(4(8)9)1-3(6)7/h2-9H,1H2;2,5H,1H2,(H,6,7)(H,8,9). The Kier molecular flexibility index (Phi) is 6.10. The third-order valence-electron chi connectivity index (χ3n) is 2.70. The molecule has 2 aromatic carbocycles. The van der Waals surface area contributed by atoms with Crippen LogP contribution < -0.4 is 0 Å². The Bertz CT molecular complexity index is 643. The number of aliphatic carboxylic acids is 2. The van der Waals surface area contributed by atoms with Crippen LogP contribution in [0, 0.1) is 0 Å². The van der Waals surface area contributed by atoms with Gasteiger partial charge in [0.2, 0.25) is 0 Å². The lowest BCUT2D eigenvalue weighted by molar-refractivity contribution is -0.152. The van der Waals surface area contributed by atoms with E-state index in [0.29, 0.717) is 0 Å². The van der Waals surface area contributed by atoms with Crippen molar-refractivity contribution in [3.05, 3.63) is 54.6 Å². The zero-order valence-corrected chi connectivity index (χ0v) is 11.3. The zero-order valence-electron chi connectivity index (χ0n) is 11.3. The van der Waals surface area contributed by atoms with Crippen LogP contribution >= 0.6 is 0 Å². The molecule has 0 aliphatic carbocycles. The molecular weight excluding hydrogens is 272 g/mol. The molecule has 21 heavy (non-hydrogen) atoms. The molecule has 0 heterocycles. The maximum absolute atomic E-state index is 9.72. The molecule has 0 aromatic heterocycles. The van der Waals surface area contributed by atoms with E-state index < -0.39 is 24.5 Å². The molecule has 5 heteroatoms. The summed E-state index contributed by atoms with van der Waals surface area (Å²) in [5, 5.41) is 26.7. The number of carboxylic acid groups (broad SMARTS) is 2. The van der Waals surface area contributed by atoms with Crippen LogP contribution in [0.4, 0.5) is 0 Å². The first-order valence-corrected chi connectivity index (χ1v) is 6.18. The Hall–Kier alpha value is -2.66. The van der Waals surface area contributed by atoms with E-state index >= 15 is 0 Å². The monoisotopic (exact) mass is 288 g/mol. The van der Waals surface area contributed by atoms with Crippen LogP contribution in [0.3, 0.4) is 0 Å². The van der Waals surface area contributed by atoms with Crippen molar-refractivity contribution in [2.75, 3.05) is 0 Å². The van der Waals surface area contributed by atoms with E-state index in [9.17, 15) is 9.59 Å². The van der Waals surface area contributed by atoms with Gasteiger partial charge in [0, 0.05) is 0 Å². The average molecular weight is 288 g/mol. The van der Waals surface area contributed by atoms with E-state index in [1.165, 1.54) is 16.3 Å². The second-order valence-corrected chi connectivity index (χ2v) is 4.22. The van der Waals surface area contributed by atoms with Gasteiger partial charge in [-0.15, -0.1) is 0 Å². The van der Waals surface area contributed by atoms with Gasteiger partial charge in [-0.25, -0.2) is 4.79 Å². The molecule has 2 rings (SSSR count). The second-order valence-electron chi connectivity index (χ2n) is 4.22. The Morgan fingerprint density at radius 1 is 1.10 bits per heavy atom. The zero-order chi connectivity index (χ0) is 15.8. The van der Waals surface area contributed by atoms with Gasteiger partial charge in [0.25, 0.3) is 0 Å². The molecule has 0 saturated carbocycles. The van der Waals surface area contributed by atoms with Crippen molar-refractivity contribution in [3.63, 3.8) is 0 Å². The maximum Gasteiger partial charge on any atom is 0.333 e. The first-order valence-electron chi connectivity index (χ1n) is 6.18. The van der Waals surface area contributed by atoms with Crippen LogP contribution in [-0.2, 0) is 9.59 Å². The summed E-state index contributed by atoms with van der Waals surface area (Å²) < 4.78 is 0. The number of hydrogen-bond donors (Lipinski definition) is 3. The van der Waals surface area contributed by atoms with Crippen molar-refractivity contribution in [1.82, 2.24) is 0 Å². The minimum atomic E-state index is -1.79. The molecule has 2 aromatic rings. The number of aliphatic hydroxyl groups is 1. The molecule has 0 aliphatic rings. The van der Waals surface area contributed by atoms with Crippen molar-refractivity contribution < 1.29 is 24.9 Å². The van der Waals surface area contributed by atoms with Crippen molar-refractivity contribution in [2.45, 2.75) is 12.5 Å². The minimum absolute atomic E-state index is 0.755. The number of aliphatic hydroxyl groups excluding tert-OH is 1. The largest absolute Gasteiger partial charge is 0.481 e. The SMILES string of the molecule is C=Cc1cccc2ccccc12.O=C(O)CC(O)C(=O)O. The number of fused-ring (bicyclic) bond motifs is 1. The predicted molar refractivity (Wildman–Crippen MR) is 79.9 cm³/mol. The highest BCUT2D eigenvalue weighted by atomic mass is 16.4. The van der Waals surface area contributed by atoms with E-state index in [-0.39, 0.29) is 0 Å². The smallest absolute Gasteiger partial charge is 0.333 e. The van der Waals surface area contributed by atoms with Gasteiger partial charge >= 0.3 is 11.9 Å². The molecule has 0 radical (unpaired) electrons. The summed E-state index contributed by atoms with van der Waals surface area (Å²) in [7, 11) is 0. The summed E-state index contributed by atoms with van der Waals surface area (Å²) in [6.45, 7) is 3.78. The van der Waals surface area contributed by atoms with Crippen LogP contribution in [-0.4, -0.2) is 33.4 Å². The molecule has 110 valence electrons. The lowest BCUT2D eigenvalue weighted by Crippen LogP contribution is -2.22. The summed E-state index contributed by atoms with van der Waals surface area (Å²) in [6, 6.07) is 14.6. The lowest BCUT2D eigenvalue weighted by atomic mass is 10.1. The van der Waals surface area contributed by atoms with Crippen LogP contribution in [0.2, 0.25) is 0 Å². The second kappa shape index (κ2) is 7.81. The Labute approximate surface area is 121 Å². The van der Waals surface area contributed by atoms with Crippen molar-refractivity contribution in [3.8, 4) is 0 Å². The Balaban J connectivity index is 0.000000222. The number of carboxylic acids is 2. The third kappa shape index (κ3) is 5.08. The third-order valence-corrected chi connectivity index (χ3v) is 2.70. The van der Waals surface area contributed by atoms with Gasteiger partial charge in [0.15, 0.2) is 6.10 Å². The molecule has 0 bridgehead atoms. The predicted octanol–water partition coefficient (Wildman–Crippen LogP) is 2.39. The van der Waals surface area contributed by atoms with E-state index in [1.807, 2.05) is 6.08 Å². The van der Waals surface area contributed by atoms with Gasteiger partial charge in [-0.05, 0) is 16.3 Å². The number of rotatable bonds is 4. The molecule has 0 amide bonds. The van der Waals surface area contributed by atoms with Gasteiger partial charge in [-0.2, -0.15) is 0 Å². The fourth-order valence-electron chi connectivity index (χ4n) is 1.68. The Morgan fingerprint density at radius 2 is 1.71 bits per heavy atom. The fourth-order valence-corrected chi connectivity index (χ4v) is 1.68. The summed E-state index contributed by atoms with van der Waals surface area (Å²) in [5.41, 5.74) is 1.20. The van der Waals surface area contributed by atoms with Crippen molar-refractivity contribution in [1.29, 1.82) is 0 Å². The van der Waals surface area contributed by atoms with Crippen molar-refractivity contribution in [2.24, 2.45) is 0 Å². The van der Waals surface area contributed by atoms with Crippen LogP contribution in [0.25, 0.3) is 16.8 Å². The molecule has 3 N–H and O–H groups in total. The fraction of sp³-hybridized carbons (Fsp3) is 0.125. The number of hydrogen-bond acceptors (Lipinski definition) is 3. The van der Waals surface area contributed by atoms with Gasteiger partial charge in [-0.1, -0.05) is 55.1 Å². The van der Waals surface area contributed by atoms with Crippen LogP contribution in [0.5, 0.6) is 0 Å². The molecule has 1 unspecified atom stereocenters. The van der Waals surface area contributed by atoms with Gasteiger partial charge in [-0.3, -0.25) is 4.79 Å². The minimum Gasteiger partial charge on any atom is -0.481 e. The van der Waals surface area contributed by atoms with E-state index in [0.717, 1.165) is 0 Å². The number of benzene rings is 2. The van der Waals surface area contributed by atoms with Crippen molar-refractivity contribution >= 4 is 28.8 Å². The topological polar surface area (TPSA) is 94.8 Å². The first-order chi connectivity index (χ1) is 9.95.